The van der Waals surface area contributed by atoms with Crippen LogP contribution in [0.4, 0.5) is 0 Å². The molecule has 0 radical (unpaired) electrons. The molecule has 21 heavy (non-hydrogen) atoms. The second-order valence-corrected chi connectivity index (χ2v) is 5.85. The van der Waals surface area contributed by atoms with E-state index in [0.717, 1.165) is 13.0 Å². The number of nitrogens with one attached hydrogen (secondary N) is 1. The molecule has 0 spiro atoms. The summed E-state index contributed by atoms with van der Waals surface area (Å²) >= 11 is 0. The van der Waals surface area contributed by atoms with Gasteiger partial charge in [-0.2, -0.15) is 0 Å². The Hall–Kier alpha value is -1.64. The molecular weight excluding hydrogens is 258 g/mol. The van der Waals surface area contributed by atoms with Crippen molar-refractivity contribution in [1.29, 1.82) is 0 Å². The first kappa shape index (κ1) is 15.7. The van der Waals surface area contributed by atoms with Gasteiger partial charge in [0.2, 0.25) is 0 Å². The van der Waals surface area contributed by atoms with Crippen molar-refractivity contribution in [2.24, 2.45) is 0 Å². The molecule has 0 bridgehead atoms. The molecule has 2 aromatic rings. The lowest BCUT2D eigenvalue weighted by molar-refractivity contribution is 0.241. The largest absolute Gasteiger partial charge is 0.395 e. The first-order valence-corrected chi connectivity index (χ1v) is 7.66. The molecule has 1 atom stereocenters. The summed E-state index contributed by atoms with van der Waals surface area (Å²) in [6.45, 7) is 5.35. The topological polar surface area (TPSA) is 32.3 Å². The van der Waals surface area contributed by atoms with Crippen molar-refractivity contribution in [1.82, 2.24) is 5.32 Å². The fraction of sp³-hybridized carbons (Fsp3) is 0.368. The standard InChI is InChI=1S/C19H25NO/c1-15(2)18-10-8-17(9-11-18)13-20-19(14-21)12-16-6-4-3-5-7-16/h3-11,15,19-21H,12-14H2,1-2H3. The highest BCUT2D eigenvalue weighted by Gasteiger charge is 2.08. The second-order valence-electron chi connectivity index (χ2n) is 5.85. The molecule has 0 aliphatic carbocycles. The van der Waals surface area contributed by atoms with Crippen LogP contribution in [0.25, 0.3) is 0 Å². The van der Waals surface area contributed by atoms with Crippen LogP contribution in [-0.4, -0.2) is 17.8 Å². The Kier molecular flexibility index (Phi) is 5.97. The monoisotopic (exact) mass is 283 g/mol. The van der Waals surface area contributed by atoms with Gasteiger partial charge >= 0.3 is 0 Å². The van der Waals surface area contributed by atoms with E-state index in [4.69, 9.17) is 0 Å². The van der Waals surface area contributed by atoms with E-state index in [9.17, 15) is 5.11 Å². The molecule has 0 aliphatic heterocycles. The number of hydrogen-bond donors (Lipinski definition) is 2. The van der Waals surface area contributed by atoms with Crippen LogP contribution in [0.15, 0.2) is 54.6 Å². The number of benzene rings is 2. The number of aliphatic hydroxyl groups is 1. The molecule has 0 saturated heterocycles. The molecule has 0 heterocycles. The third-order valence-corrected chi connectivity index (χ3v) is 3.79. The molecule has 0 saturated carbocycles. The van der Waals surface area contributed by atoms with Crippen LogP contribution in [0.5, 0.6) is 0 Å². The van der Waals surface area contributed by atoms with Crippen molar-refractivity contribution in [2.75, 3.05) is 6.61 Å². The lowest BCUT2D eigenvalue weighted by atomic mass is 10.0. The van der Waals surface area contributed by atoms with E-state index in [1.165, 1.54) is 16.7 Å². The number of aliphatic hydroxyl groups excluding tert-OH is 1. The molecule has 0 amide bonds. The highest BCUT2D eigenvalue weighted by Crippen LogP contribution is 2.14. The molecule has 112 valence electrons. The van der Waals surface area contributed by atoms with Gasteiger partial charge in [0.15, 0.2) is 0 Å². The highest BCUT2D eigenvalue weighted by atomic mass is 16.3. The zero-order chi connectivity index (χ0) is 15.1. The van der Waals surface area contributed by atoms with E-state index in [2.05, 4.69) is 55.6 Å². The Morgan fingerprint density at radius 3 is 2.14 bits per heavy atom. The van der Waals surface area contributed by atoms with E-state index < -0.39 is 0 Å². The predicted molar refractivity (Wildman–Crippen MR) is 88.4 cm³/mol. The highest BCUT2D eigenvalue weighted by molar-refractivity contribution is 5.24. The Morgan fingerprint density at radius 2 is 1.57 bits per heavy atom. The summed E-state index contributed by atoms with van der Waals surface area (Å²) in [7, 11) is 0. The van der Waals surface area contributed by atoms with Crippen molar-refractivity contribution in [3.05, 3.63) is 71.3 Å². The summed E-state index contributed by atoms with van der Waals surface area (Å²) in [6, 6.07) is 19.1. The fourth-order valence-corrected chi connectivity index (χ4v) is 2.38. The summed E-state index contributed by atoms with van der Waals surface area (Å²) in [5.41, 5.74) is 3.87. The third-order valence-electron chi connectivity index (χ3n) is 3.79. The Morgan fingerprint density at radius 1 is 0.905 bits per heavy atom. The fourth-order valence-electron chi connectivity index (χ4n) is 2.38. The molecule has 2 heteroatoms. The van der Waals surface area contributed by atoms with Gasteiger partial charge in [0.05, 0.1) is 6.61 Å². The summed E-state index contributed by atoms with van der Waals surface area (Å²) < 4.78 is 0. The van der Waals surface area contributed by atoms with Gasteiger partial charge in [-0.3, -0.25) is 0 Å². The van der Waals surface area contributed by atoms with Crippen LogP contribution >= 0.6 is 0 Å². The third kappa shape index (κ3) is 5.00. The van der Waals surface area contributed by atoms with Crippen LogP contribution in [0, 0.1) is 0 Å². The van der Waals surface area contributed by atoms with Crippen LogP contribution in [-0.2, 0) is 13.0 Å². The summed E-state index contributed by atoms with van der Waals surface area (Å²) in [4.78, 5) is 0. The minimum atomic E-state index is 0.0946. The van der Waals surface area contributed by atoms with E-state index in [-0.39, 0.29) is 12.6 Å². The van der Waals surface area contributed by atoms with Gasteiger partial charge in [-0.1, -0.05) is 68.4 Å². The minimum absolute atomic E-state index is 0.0946. The normalized spacial score (nSPS) is 12.6. The average Bonchev–Trinajstić information content (AvgIpc) is 2.52. The summed E-state index contributed by atoms with van der Waals surface area (Å²) in [5, 5.41) is 13.0. The molecule has 0 fully saturated rings. The van der Waals surface area contributed by atoms with Crippen LogP contribution in [0.1, 0.15) is 36.5 Å². The first-order valence-electron chi connectivity index (χ1n) is 7.66. The Bertz CT molecular complexity index is 519. The van der Waals surface area contributed by atoms with Crippen molar-refractivity contribution >= 4 is 0 Å². The minimum Gasteiger partial charge on any atom is -0.395 e. The van der Waals surface area contributed by atoms with Crippen LogP contribution in [0.3, 0.4) is 0 Å². The molecule has 2 N–H and O–H groups in total. The molecule has 2 nitrogen and oxygen atoms in total. The number of hydrogen-bond acceptors (Lipinski definition) is 2. The molecular formula is C19H25NO. The quantitative estimate of drug-likeness (QED) is 0.815. The predicted octanol–water partition coefficient (Wildman–Crippen LogP) is 3.50. The van der Waals surface area contributed by atoms with Crippen LogP contribution < -0.4 is 5.32 Å². The van der Waals surface area contributed by atoms with Gasteiger partial charge in [-0.15, -0.1) is 0 Å². The molecule has 0 aromatic heterocycles. The zero-order valence-electron chi connectivity index (χ0n) is 12.9. The van der Waals surface area contributed by atoms with Crippen molar-refractivity contribution in [3.8, 4) is 0 Å². The average molecular weight is 283 g/mol. The summed E-state index contributed by atoms with van der Waals surface area (Å²) in [5.74, 6) is 0.565. The summed E-state index contributed by atoms with van der Waals surface area (Å²) in [6.07, 6.45) is 0.849. The van der Waals surface area contributed by atoms with Crippen LogP contribution in [0.2, 0.25) is 0 Å². The van der Waals surface area contributed by atoms with Gasteiger partial charge in [0, 0.05) is 12.6 Å². The van der Waals surface area contributed by atoms with Gasteiger partial charge in [-0.25, -0.2) is 0 Å². The van der Waals surface area contributed by atoms with E-state index in [1.807, 2.05) is 18.2 Å². The van der Waals surface area contributed by atoms with Gasteiger partial charge in [0.1, 0.15) is 0 Å². The smallest absolute Gasteiger partial charge is 0.0587 e. The van der Waals surface area contributed by atoms with Crippen molar-refractivity contribution in [2.45, 2.75) is 38.8 Å². The van der Waals surface area contributed by atoms with Crippen molar-refractivity contribution in [3.63, 3.8) is 0 Å². The van der Waals surface area contributed by atoms with Gasteiger partial charge in [-0.05, 0) is 29.0 Å². The second kappa shape index (κ2) is 7.96. The molecule has 1 unspecified atom stereocenters. The maximum atomic E-state index is 9.52. The van der Waals surface area contributed by atoms with E-state index in [1.54, 1.807) is 0 Å². The Labute approximate surface area is 127 Å². The van der Waals surface area contributed by atoms with Gasteiger partial charge in [0.25, 0.3) is 0 Å². The molecule has 0 aliphatic rings. The maximum Gasteiger partial charge on any atom is 0.0587 e. The lowest BCUT2D eigenvalue weighted by Gasteiger charge is -2.17. The van der Waals surface area contributed by atoms with E-state index in [0.29, 0.717) is 5.92 Å². The van der Waals surface area contributed by atoms with Crippen molar-refractivity contribution < 1.29 is 5.11 Å². The lowest BCUT2D eigenvalue weighted by Crippen LogP contribution is -2.34. The maximum absolute atomic E-state index is 9.52. The molecule has 2 rings (SSSR count). The molecule has 2 aromatic carbocycles. The zero-order valence-corrected chi connectivity index (χ0v) is 12.9. The Balaban J connectivity index is 1.88. The SMILES string of the molecule is CC(C)c1ccc(CNC(CO)Cc2ccccc2)cc1. The number of rotatable bonds is 7. The van der Waals surface area contributed by atoms with Gasteiger partial charge < -0.3 is 10.4 Å². The first-order chi connectivity index (χ1) is 10.2. The van der Waals surface area contributed by atoms with E-state index >= 15 is 0 Å².